The highest BCUT2D eigenvalue weighted by molar-refractivity contribution is 6.40. The van der Waals surface area contributed by atoms with Gasteiger partial charge in [0.05, 0.1) is 0 Å². The first kappa shape index (κ1) is 14.4. The Labute approximate surface area is 90.6 Å². The highest BCUT2D eigenvalue weighted by Gasteiger charge is 2.13. The Kier molecular flexibility index (Phi) is 9.56. The SMILES string of the molecule is O=CO.OB(O)CCCCC1CCCN1. The first-order valence-electron chi connectivity index (χ1n) is 5.38. The van der Waals surface area contributed by atoms with Crippen molar-refractivity contribution < 1.29 is 19.9 Å². The summed E-state index contributed by atoms with van der Waals surface area (Å²) in [7, 11) is -1.11. The van der Waals surface area contributed by atoms with Gasteiger partial charge >= 0.3 is 7.12 Å². The Bertz CT molecular complexity index is 151. The van der Waals surface area contributed by atoms with Crippen LogP contribution in [-0.2, 0) is 4.79 Å². The third-order valence-corrected chi connectivity index (χ3v) is 2.43. The van der Waals surface area contributed by atoms with Crippen LogP contribution in [0, 0.1) is 0 Å². The molecule has 4 N–H and O–H groups in total. The van der Waals surface area contributed by atoms with Crippen molar-refractivity contribution in [1.82, 2.24) is 5.32 Å². The van der Waals surface area contributed by atoms with Crippen LogP contribution in [0.25, 0.3) is 0 Å². The molecule has 1 unspecified atom stereocenters. The highest BCUT2D eigenvalue weighted by Crippen LogP contribution is 2.12. The van der Waals surface area contributed by atoms with Crippen molar-refractivity contribution in [2.75, 3.05) is 6.54 Å². The molecule has 1 saturated heterocycles. The van der Waals surface area contributed by atoms with E-state index in [0.717, 1.165) is 19.4 Å². The summed E-state index contributed by atoms with van der Waals surface area (Å²) in [5.74, 6) is 0. The van der Waals surface area contributed by atoms with E-state index in [-0.39, 0.29) is 6.47 Å². The van der Waals surface area contributed by atoms with E-state index in [9.17, 15) is 0 Å². The molecule has 0 saturated carbocycles. The number of rotatable bonds is 5. The van der Waals surface area contributed by atoms with Crippen molar-refractivity contribution in [2.24, 2.45) is 0 Å². The van der Waals surface area contributed by atoms with Crippen LogP contribution in [0.3, 0.4) is 0 Å². The molecule has 0 bridgehead atoms. The molecule has 0 spiro atoms. The number of nitrogens with one attached hydrogen (secondary N) is 1. The van der Waals surface area contributed by atoms with Gasteiger partial charge in [-0.1, -0.05) is 12.8 Å². The fraction of sp³-hybridized carbons (Fsp3) is 0.889. The summed E-state index contributed by atoms with van der Waals surface area (Å²) in [6, 6.07) is 0.695. The molecule has 5 nitrogen and oxygen atoms in total. The van der Waals surface area contributed by atoms with Crippen LogP contribution in [0.5, 0.6) is 0 Å². The second-order valence-corrected chi connectivity index (χ2v) is 3.66. The predicted molar refractivity (Wildman–Crippen MR) is 58.6 cm³/mol. The minimum atomic E-state index is -1.11. The summed E-state index contributed by atoms with van der Waals surface area (Å²) in [6.45, 7) is 0.910. The molecule has 1 heterocycles. The number of hydrogen-bond acceptors (Lipinski definition) is 4. The monoisotopic (exact) mass is 217 g/mol. The van der Waals surface area contributed by atoms with Crippen LogP contribution in [0.1, 0.15) is 32.1 Å². The van der Waals surface area contributed by atoms with Gasteiger partial charge in [0.15, 0.2) is 0 Å². The molecule has 0 aromatic carbocycles. The lowest BCUT2D eigenvalue weighted by atomic mass is 9.83. The third-order valence-electron chi connectivity index (χ3n) is 2.43. The molecule has 0 aromatic rings. The molecule has 0 aliphatic carbocycles. The maximum absolute atomic E-state index is 8.58. The van der Waals surface area contributed by atoms with Crippen LogP contribution in [0.2, 0.25) is 6.32 Å². The van der Waals surface area contributed by atoms with Crippen LogP contribution < -0.4 is 5.32 Å². The quantitative estimate of drug-likeness (QED) is 0.297. The molecule has 0 radical (unpaired) electrons. The lowest BCUT2D eigenvalue weighted by Crippen LogP contribution is -2.21. The van der Waals surface area contributed by atoms with Crippen molar-refractivity contribution >= 4 is 13.6 Å². The van der Waals surface area contributed by atoms with E-state index in [4.69, 9.17) is 19.9 Å². The van der Waals surface area contributed by atoms with E-state index in [1.807, 2.05) is 0 Å². The molecule has 0 aromatic heterocycles. The smallest absolute Gasteiger partial charge is 0.451 e. The van der Waals surface area contributed by atoms with Gasteiger partial charge in [0.2, 0.25) is 0 Å². The second-order valence-electron chi connectivity index (χ2n) is 3.66. The highest BCUT2D eigenvalue weighted by atomic mass is 16.4. The Morgan fingerprint density at radius 3 is 2.53 bits per heavy atom. The largest absolute Gasteiger partial charge is 0.483 e. The Morgan fingerprint density at radius 1 is 1.40 bits per heavy atom. The predicted octanol–water partition coefficient (Wildman–Crippen LogP) is 0.0823. The summed E-state index contributed by atoms with van der Waals surface area (Å²) in [6.07, 6.45) is 6.33. The maximum Gasteiger partial charge on any atom is 0.451 e. The fourth-order valence-electron chi connectivity index (χ4n) is 1.72. The van der Waals surface area contributed by atoms with Crippen molar-refractivity contribution in [1.29, 1.82) is 0 Å². The zero-order valence-corrected chi connectivity index (χ0v) is 8.93. The van der Waals surface area contributed by atoms with Gasteiger partial charge in [-0.05, 0) is 32.1 Å². The van der Waals surface area contributed by atoms with Gasteiger partial charge in [0.25, 0.3) is 6.47 Å². The van der Waals surface area contributed by atoms with Gasteiger partial charge < -0.3 is 20.5 Å². The van der Waals surface area contributed by atoms with Gasteiger partial charge in [-0.25, -0.2) is 0 Å². The average Bonchev–Trinajstić information content (AvgIpc) is 2.66. The lowest BCUT2D eigenvalue weighted by molar-refractivity contribution is -0.122. The Morgan fingerprint density at radius 2 is 2.07 bits per heavy atom. The minimum Gasteiger partial charge on any atom is -0.483 e. The van der Waals surface area contributed by atoms with Crippen molar-refractivity contribution in [3.05, 3.63) is 0 Å². The van der Waals surface area contributed by atoms with Crippen molar-refractivity contribution in [3.63, 3.8) is 0 Å². The first-order chi connectivity index (χ1) is 7.20. The van der Waals surface area contributed by atoms with Gasteiger partial charge in [0.1, 0.15) is 0 Å². The van der Waals surface area contributed by atoms with Gasteiger partial charge in [-0.2, -0.15) is 0 Å². The van der Waals surface area contributed by atoms with E-state index >= 15 is 0 Å². The Balaban J connectivity index is 0.000000583. The van der Waals surface area contributed by atoms with Gasteiger partial charge in [0, 0.05) is 6.04 Å². The van der Waals surface area contributed by atoms with Crippen LogP contribution in [0.4, 0.5) is 0 Å². The number of carbonyl (C=O) groups is 1. The molecular weight excluding hydrogens is 197 g/mol. The average molecular weight is 217 g/mol. The zero-order chi connectivity index (χ0) is 11.5. The molecule has 15 heavy (non-hydrogen) atoms. The second kappa shape index (κ2) is 9.95. The normalized spacial score (nSPS) is 19.2. The molecule has 1 fully saturated rings. The minimum absolute atomic E-state index is 0.250. The topological polar surface area (TPSA) is 89.8 Å². The summed E-state index contributed by atoms with van der Waals surface area (Å²) in [5.41, 5.74) is 0. The van der Waals surface area contributed by atoms with E-state index in [2.05, 4.69) is 5.32 Å². The number of hydrogen-bond donors (Lipinski definition) is 4. The molecular formula is C9H20BNO4. The summed E-state index contributed by atoms with van der Waals surface area (Å²) in [4.78, 5) is 8.36. The molecule has 1 aliphatic heterocycles. The maximum atomic E-state index is 8.58. The number of carboxylic acid groups (broad SMARTS) is 1. The Hall–Kier alpha value is -0.585. The van der Waals surface area contributed by atoms with Crippen molar-refractivity contribution in [2.45, 2.75) is 44.5 Å². The summed E-state index contributed by atoms with van der Waals surface area (Å²) >= 11 is 0. The summed E-state index contributed by atoms with van der Waals surface area (Å²) in [5, 5.41) is 27.5. The molecule has 88 valence electrons. The van der Waals surface area contributed by atoms with Crippen LogP contribution in [-0.4, -0.2) is 41.3 Å². The van der Waals surface area contributed by atoms with E-state index in [0.29, 0.717) is 12.4 Å². The third kappa shape index (κ3) is 9.71. The molecule has 6 heteroatoms. The lowest BCUT2D eigenvalue weighted by Gasteiger charge is -2.08. The molecule has 1 aliphatic rings. The zero-order valence-electron chi connectivity index (χ0n) is 8.93. The summed E-state index contributed by atoms with van der Waals surface area (Å²) < 4.78 is 0. The van der Waals surface area contributed by atoms with Gasteiger partial charge in [-0.3, -0.25) is 4.79 Å². The number of unbranched alkanes of at least 4 members (excludes halogenated alkanes) is 1. The van der Waals surface area contributed by atoms with Gasteiger partial charge in [-0.15, -0.1) is 0 Å². The standard InChI is InChI=1S/C8H18BNO2.CH2O2/c11-9(12)6-2-1-4-8-5-3-7-10-8;2-1-3/h8,10-12H,1-7H2;1H,(H,2,3). The van der Waals surface area contributed by atoms with Crippen molar-refractivity contribution in [3.8, 4) is 0 Å². The molecule has 1 atom stereocenters. The van der Waals surface area contributed by atoms with Crippen LogP contribution in [0.15, 0.2) is 0 Å². The molecule has 1 rings (SSSR count). The van der Waals surface area contributed by atoms with E-state index in [1.165, 1.54) is 19.3 Å². The van der Waals surface area contributed by atoms with E-state index in [1.54, 1.807) is 0 Å². The van der Waals surface area contributed by atoms with Crippen LogP contribution >= 0.6 is 0 Å². The fourth-order valence-corrected chi connectivity index (χ4v) is 1.72. The first-order valence-corrected chi connectivity index (χ1v) is 5.38. The van der Waals surface area contributed by atoms with E-state index < -0.39 is 7.12 Å². The molecule has 0 amide bonds.